The van der Waals surface area contributed by atoms with E-state index in [1.165, 1.54) is 6.92 Å². The SMILES string of the molecule is CC(=O)NC(CC(=O)OC(C(N)=O)c1ccccc1)c1ccc(C)cc1. The Morgan fingerprint density at radius 1 is 1.00 bits per heavy atom. The van der Waals surface area contributed by atoms with E-state index in [0.717, 1.165) is 11.1 Å². The Morgan fingerprint density at radius 2 is 1.62 bits per heavy atom. The summed E-state index contributed by atoms with van der Waals surface area (Å²) in [6.07, 6.45) is -1.28. The molecule has 2 aromatic carbocycles. The van der Waals surface area contributed by atoms with E-state index in [2.05, 4.69) is 5.32 Å². The lowest BCUT2D eigenvalue weighted by Gasteiger charge is -2.20. The van der Waals surface area contributed by atoms with Crippen LogP contribution in [0.1, 0.15) is 42.2 Å². The maximum Gasteiger partial charge on any atom is 0.309 e. The third-order valence-corrected chi connectivity index (χ3v) is 3.84. The molecular weight excluding hydrogens is 332 g/mol. The molecule has 0 spiro atoms. The molecule has 0 saturated carbocycles. The molecule has 6 nitrogen and oxygen atoms in total. The van der Waals surface area contributed by atoms with Gasteiger partial charge in [-0.15, -0.1) is 0 Å². The first-order valence-electron chi connectivity index (χ1n) is 8.24. The van der Waals surface area contributed by atoms with Crippen LogP contribution in [0, 0.1) is 6.92 Å². The zero-order valence-electron chi connectivity index (χ0n) is 14.8. The molecule has 0 aliphatic rings. The van der Waals surface area contributed by atoms with Gasteiger partial charge in [0.1, 0.15) is 0 Å². The van der Waals surface area contributed by atoms with Gasteiger partial charge in [0.05, 0.1) is 12.5 Å². The predicted octanol–water partition coefficient (Wildman–Crippen LogP) is 2.33. The lowest BCUT2D eigenvalue weighted by atomic mass is 10.0. The van der Waals surface area contributed by atoms with Crippen LogP contribution in [-0.4, -0.2) is 17.8 Å². The number of rotatable bonds is 7. The number of hydrogen-bond donors (Lipinski definition) is 2. The normalized spacial score (nSPS) is 12.7. The highest BCUT2D eigenvalue weighted by Gasteiger charge is 2.25. The van der Waals surface area contributed by atoms with Crippen LogP contribution in [0.15, 0.2) is 54.6 Å². The van der Waals surface area contributed by atoms with E-state index in [9.17, 15) is 14.4 Å². The molecule has 0 aliphatic carbocycles. The average Bonchev–Trinajstić information content (AvgIpc) is 2.60. The summed E-state index contributed by atoms with van der Waals surface area (Å²) in [5, 5.41) is 2.73. The minimum absolute atomic E-state index is 0.112. The van der Waals surface area contributed by atoms with Crippen LogP contribution in [0.2, 0.25) is 0 Å². The zero-order valence-corrected chi connectivity index (χ0v) is 14.8. The summed E-state index contributed by atoms with van der Waals surface area (Å²) in [6.45, 7) is 3.32. The van der Waals surface area contributed by atoms with Gasteiger partial charge >= 0.3 is 5.97 Å². The molecule has 2 amide bonds. The first-order valence-corrected chi connectivity index (χ1v) is 8.24. The quantitative estimate of drug-likeness (QED) is 0.746. The maximum absolute atomic E-state index is 12.4. The van der Waals surface area contributed by atoms with Crippen molar-refractivity contribution in [3.05, 3.63) is 71.3 Å². The number of hydrogen-bond acceptors (Lipinski definition) is 4. The molecule has 0 fully saturated rings. The van der Waals surface area contributed by atoms with Gasteiger partial charge in [-0.3, -0.25) is 14.4 Å². The monoisotopic (exact) mass is 354 g/mol. The van der Waals surface area contributed by atoms with E-state index in [1.54, 1.807) is 30.3 Å². The number of benzene rings is 2. The van der Waals surface area contributed by atoms with Crippen LogP contribution in [0.3, 0.4) is 0 Å². The van der Waals surface area contributed by atoms with Gasteiger partial charge < -0.3 is 15.8 Å². The van der Waals surface area contributed by atoms with Crippen molar-refractivity contribution < 1.29 is 19.1 Å². The zero-order chi connectivity index (χ0) is 19.1. The van der Waals surface area contributed by atoms with E-state index in [4.69, 9.17) is 10.5 Å². The second-order valence-electron chi connectivity index (χ2n) is 6.05. The highest BCUT2D eigenvalue weighted by molar-refractivity contribution is 5.84. The highest BCUT2D eigenvalue weighted by atomic mass is 16.5. The van der Waals surface area contributed by atoms with E-state index < -0.39 is 24.0 Å². The number of ether oxygens (including phenoxy) is 1. The fourth-order valence-electron chi connectivity index (χ4n) is 2.56. The molecule has 0 bridgehead atoms. The first kappa shape index (κ1) is 19.2. The van der Waals surface area contributed by atoms with Gasteiger partial charge in [-0.25, -0.2) is 0 Å². The number of carbonyl (C=O) groups is 3. The van der Waals surface area contributed by atoms with Crippen LogP contribution in [0.5, 0.6) is 0 Å². The minimum Gasteiger partial charge on any atom is -0.447 e. The average molecular weight is 354 g/mol. The Bertz CT molecular complexity index is 772. The van der Waals surface area contributed by atoms with Gasteiger partial charge in [0.25, 0.3) is 5.91 Å². The molecule has 26 heavy (non-hydrogen) atoms. The van der Waals surface area contributed by atoms with E-state index in [0.29, 0.717) is 5.56 Å². The molecule has 2 aromatic rings. The summed E-state index contributed by atoms with van der Waals surface area (Å²) in [6, 6.07) is 15.5. The van der Waals surface area contributed by atoms with E-state index >= 15 is 0 Å². The summed E-state index contributed by atoms with van der Waals surface area (Å²) < 4.78 is 5.29. The Labute approximate surface area is 152 Å². The summed E-state index contributed by atoms with van der Waals surface area (Å²) >= 11 is 0. The molecule has 3 N–H and O–H groups in total. The van der Waals surface area contributed by atoms with Gasteiger partial charge in [-0.2, -0.15) is 0 Å². The van der Waals surface area contributed by atoms with Gasteiger partial charge in [-0.1, -0.05) is 60.2 Å². The van der Waals surface area contributed by atoms with Crippen LogP contribution in [0.25, 0.3) is 0 Å². The molecule has 0 aliphatic heterocycles. The number of esters is 1. The largest absolute Gasteiger partial charge is 0.447 e. The topological polar surface area (TPSA) is 98.5 Å². The van der Waals surface area contributed by atoms with Crippen molar-refractivity contribution in [2.75, 3.05) is 0 Å². The minimum atomic E-state index is -1.17. The second kappa shape index (κ2) is 8.80. The molecule has 2 rings (SSSR count). The molecular formula is C20H22N2O4. The molecule has 136 valence electrons. The maximum atomic E-state index is 12.4. The van der Waals surface area contributed by atoms with Crippen LogP contribution in [0.4, 0.5) is 0 Å². The lowest BCUT2D eigenvalue weighted by molar-refractivity contribution is -0.156. The van der Waals surface area contributed by atoms with Gasteiger partial charge in [-0.05, 0) is 12.5 Å². The first-order chi connectivity index (χ1) is 12.4. The number of aryl methyl sites for hydroxylation is 1. The second-order valence-corrected chi connectivity index (χ2v) is 6.05. The molecule has 2 atom stereocenters. The van der Waals surface area contributed by atoms with Crippen molar-refractivity contribution in [2.45, 2.75) is 32.4 Å². The number of primary amides is 1. The van der Waals surface area contributed by atoms with Gasteiger partial charge in [0.2, 0.25) is 12.0 Å². The van der Waals surface area contributed by atoms with Crippen molar-refractivity contribution in [1.82, 2.24) is 5.32 Å². The lowest BCUT2D eigenvalue weighted by Crippen LogP contribution is -2.31. The Morgan fingerprint density at radius 3 is 2.15 bits per heavy atom. The molecule has 0 radical (unpaired) electrons. The molecule has 2 unspecified atom stereocenters. The molecule has 6 heteroatoms. The standard InChI is InChI=1S/C20H22N2O4/c1-13-8-10-15(11-9-13)17(22-14(2)23)12-18(24)26-19(20(21)25)16-6-4-3-5-7-16/h3-11,17,19H,12H2,1-2H3,(H2,21,25)(H,22,23). The summed E-state index contributed by atoms with van der Waals surface area (Å²) in [4.78, 5) is 35.6. The highest BCUT2D eigenvalue weighted by Crippen LogP contribution is 2.22. The number of carbonyl (C=O) groups excluding carboxylic acids is 3. The van der Waals surface area contributed by atoms with Crippen LogP contribution in [-0.2, 0) is 19.1 Å². The Balaban J connectivity index is 2.14. The summed E-state index contributed by atoms with van der Waals surface area (Å²) in [5.74, 6) is -1.65. The number of nitrogens with one attached hydrogen (secondary N) is 1. The number of nitrogens with two attached hydrogens (primary N) is 1. The third kappa shape index (κ3) is 5.44. The van der Waals surface area contributed by atoms with Crippen LogP contribution >= 0.6 is 0 Å². The van der Waals surface area contributed by atoms with Gasteiger partial charge in [0, 0.05) is 12.5 Å². The number of amides is 2. The fourth-order valence-corrected chi connectivity index (χ4v) is 2.56. The van der Waals surface area contributed by atoms with E-state index in [1.807, 2.05) is 31.2 Å². The van der Waals surface area contributed by atoms with Crippen molar-refractivity contribution in [3.63, 3.8) is 0 Å². The van der Waals surface area contributed by atoms with Crippen molar-refractivity contribution in [1.29, 1.82) is 0 Å². The fraction of sp³-hybridized carbons (Fsp3) is 0.250. The Hall–Kier alpha value is -3.15. The van der Waals surface area contributed by atoms with Gasteiger partial charge in [0.15, 0.2) is 0 Å². The third-order valence-electron chi connectivity index (χ3n) is 3.84. The van der Waals surface area contributed by atoms with E-state index in [-0.39, 0.29) is 12.3 Å². The van der Waals surface area contributed by atoms with Crippen molar-refractivity contribution >= 4 is 17.8 Å². The molecule has 0 aromatic heterocycles. The van der Waals surface area contributed by atoms with Crippen molar-refractivity contribution in [2.24, 2.45) is 5.73 Å². The summed E-state index contributed by atoms with van der Waals surface area (Å²) in [7, 11) is 0. The summed E-state index contributed by atoms with van der Waals surface area (Å²) in [5.41, 5.74) is 7.71. The Kier molecular flexibility index (Phi) is 6.49. The smallest absolute Gasteiger partial charge is 0.309 e. The predicted molar refractivity (Wildman–Crippen MR) is 96.8 cm³/mol. The van der Waals surface area contributed by atoms with Crippen LogP contribution < -0.4 is 11.1 Å². The van der Waals surface area contributed by atoms with Crippen molar-refractivity contribution in [3.8, 4) is 0 Å². The molecule has 0 heterocycles. The molecule has 0 saturated heterocycles.